The number of hydrogen-bond acceptors (Lipinski definition) is 4. The Morgan fingerprint density at radius 2 is 2.24 bits per heavy atom. The van der Waals surface area contributed by atoms with Gasteiger partial charge in [-0.2, -0.15) is 0 Å². The van der Waals surface area contributed by atoms with E-state index in [1.54, 1.807) is 6.92 Å². The van der Waals surface area contributed by atoms with Crippen LogP contribution in [0.15, 0.2) is 11.6 Å². The van der Waals surface area contributed by atoms with Crippen LogP contribution in [-0.2, 0) is 19.1 Å². The summed E-state index contributed by atoms with van der Waals surface area (Å²) in [5.74, 6) is -1.56. The Balaban J connectivity index is 1.98. The highest BCUT2D eigenvalue weighted by molar-refractivity contribution is 6.24. The van der Waals surface area contributed by atoms with E-state index < -0.39 is 23.0 Å². The molecule has 0 aromatic rings. The highest BCUT2D eigenvalue weighted by atomic mass is 35.5. The molecule has 2 heterocycles. The third-order valence-corrected chi connectivity index (χ3v) is 5.19. The molecule has 0 aromatic carbocycles. The number of halogens is 1. The fourth-order valence-electron chi connectivity index (χ4n) is 3.71. The molecule has 0 aromatic heterocycles. The number of rotatable bonds is 4. The second-order valence-electron chi connectivity index (χ2n) is 6.07. The predicted molar refractivity (Wildman–Crippen MR) is 75.8 cm³/mol. The first-order chi connectivity index (χ1) is 9.97. The number of ether oxygens (including phenoxy) is 1. The Morgan fingerprint density at radius 3 is 2.81 bits per heavy atom. The minimum Gasteiger partial charge on any atom is -0.453 e. The van der Waals surface area contributed by atoms with Gasteiger partial charge in [0.2, 0.25) is 11.4 Å². The molecular weight excluding hydrogens is 294 g/mol. The average molecular weight is 312 g/mol. The summed E-state index contributed by atoms with van der Waals surface area (Å²) in [6, 6.07) is 0. The van der Waals surface area contributed by atoms with Crippen LogP contribution < -0.4 is 5.32 Å². The van der Waals surface area contributed by atoms with Crippen molar-refractivity contribution in [2.24, 2.45) is 5.92 Å². The lowest BCUT2D eigenvalue weighted by Gasteiger charge is -2.50. The number of carbonyl (C=O) groups is 3. The van der Waals surface area contributed by atoms with Crippen LogP contribution in [0, 0.1) is 5.92 Å². The second kappa shape index (κ2) is 4.83. The van der Waals surface area contributed by atoms with Gasteiger partial charge in [0.1, 0.15) is 0 Å². The molecule has 1 aliphatic carbocycles. The molecule has 6 heteroatoms. The van der Waals surface area contributed by atoms with E-state index in [4.69, 9.17) is 16.3 Å². The maximum absolute atomic E-state index is 12.9. The quantitative estimate of drug-likeness (QED) is 0.485. The lowest BCUT2D eigenvalue weighted by atomic mass is 9.66. The van der Waals surface area contributed by atoms with Gasteiger partial charge in [-0.1, -0.05) is 6.08 Å². The summed E-state index contributed by atoms with van der Waals surface area (Å²) in [7, 11) is 0. The fraction of sp³-hybridized carbons (Fsp3) is 0.667. The molecule has 0 radical (unpaired) electrons. The largest absolute Gasteiger partial charge is 0.453 e. The van der Waals surface area contributed by atoms with Crippen molar-refractivity contribution in [3.8, 4) is 0 Å². The molecule has 5 nitrogen and oxygen atoms in total. The van der Waals surface area contributed by atoms with Crippen LogP contribution >= 0.6 is 11.6 Å². The summed E-state index contributed by atoms with van der Waals surface area (Å²) in [6.45, 7) is 1.66. The van der Waals surface area contributed by atoms with Crippen LogP contribution in [0.1, 0.15) is 39.0 Å². The van der Waals surface area contributed by atoms with Crippen LogP contribution in [0.2, 0.25) is 0 Å². The monoisotopic (exact) mass is 311 g/mol. The SMILES string of the molecule is C[C@]12OC(=O)[C@@]1(C(=O)C1=CCCCC1)NC(=O)[C@H]2CCCl. The summed E-state index contributed by atoms with van der Waals surface area (Å²) >= 11 is 5.74. The molecular formula is C15H18ClNO4. The van der Waals surface area contributed by atoms with E-state index in [2.05, 4.69) is 5.32 Å². The van der Waals surface area contributed by atoms with E-state index in [-0.39, 0.29) is 17.6 Å². The van der Waals surface area contributed by atoms with Crippen molar-refractivity contribution in [3.63, 3.8) is 0 Å². The third-order valence-electron chi connectivity index (χ3n) is 4.97. The molecule has 2 saturated heterocycles. The first-order valence-electron chi connectivity index (χ1n) is 7.32. The molecule has 0 unspecified atom stereocenters. The lowest BCUT2D eigenvalue weighted by molar-refractivity contribution is -0.216. The van der Waals surface area contributed by atoms with E-state index in [1.165, 1.54) is 0 Å². The number of hydrogen-bond donors (Lipinski definition) is 1. The zero-order valence-electron chi connectivity index (χ0n) is 11.9. The smallest absolute Gasteiger partial charge is 0.345 e. The topological polar surface area (TPSA) is 72.5 Å². The molecule has 0 saturated carbocycles. The predicted octanol–water partition coefficient (Wildman–Crippen LogP) is 1.49. The molecule has 3 atom stereocenters. The van der Waals surface area contributed by atoms with E-state index in [0.717, 1.165) is 19.3 Å². The van der Waals surface area contributed by atoms with Crippen LogP contribution in [-0.4, -0.2) is 34.7 Å². The van der Waals surface area contributed by atoms with Crippen molar-refractivity contribution in [1.82, 2.24) is 5.32 Å². The van der Waals surface area contributed by atoms with Gasteiger partial charge >= 0.3 is 5.97 Å². The van der Waals surface area contributed by atoms with E-state index in [0.29, 0.717) is 18.4 Å². The van der Waals surface area contributed by atoms with Gasteiger partial charge in [0.25, 0.3) is 0 Å². The average Bonchev–Trinajstić information content (AvgIpc) is 2.65. The van der Waals surface area contributed by atoms with E-state index in [1.807, 2.05) is 6.08 Å². The maximum Gasteiger partial charge on any atom is 0.345 e. The van der Waals surface area contributed by atoms with Gasteiger partial charge in [-0.15, -0.1) is 11.6 Å². The Kier molecular flexibility index (Phi) is 3.35. The van der Waals surface area contributed by atoms with E-state index in [9.17, 15) is 14.4 Å². The van der Waals surface area contributed by atoms with Gasteiger partial charge in [0.15, 0.2) is 11.4 Å². The fourth-order valence-corrected chi connectivity index (χ4v) is 3.93. The van der Waals surface area contributed by atoms with Crippen LogP contribution in [0.5, 0.6) is 0 Å². The minimum absolute atomic E-state index is 0.276. The van der Waals surface area contributed by atoms with Crippen molar-refractivity contribution in [1.29, 1.82) is 0 Å². The number of nitrogens with one attached hydrogen (secondary N) is 1. The summed E-state index contributed by atoms with van der Waals surface area (Å²) in [5, 5.41) is 2.63. The van der Waals surface area contributed by atoms with Gasteiger partial charge in [-0.3, -0.25) is 9.59 Å². The molecule has 1 amide bonds. The summed E-state index contributed by atoms with van der Waals surface area (Å²) in [6.07, 6.45) is 5.73. The van der Waals surface area contributed by atoms with Gasteiger partial charge in [-0.25, -0.2) is 4.79 Å². The number of carbonyl (C=O) groups excluding carboxylic acids is 3. The third kappa shape index (κ3) is 1.73. The zero-order chi connectivity index (χ0) is 15.3. The molecule has 2 fully saturated rings. The molecule has 21 heavy (non-hydrogen) atoms. The number of amides is 1. The zero-order valence-corrected chi connectivity index (χ0v) is 12.7. The molecule has 3 aliphatic rings. The molecule has 2 aliphatic heterocycles. The number of Topliss-reactive ketones (excluding diaryl/α,β-unsaturated/α-hetero) is 1. The Morgan fingerprint density at radius 1 is 1.48 bits per heavy atom. The summed E-state index contributed by atoms with van der Waals surface area (Å²) in [4.78, 5) is 37.2. The molecule has 114 valence electrons. The normalized spacial score (nSPS) is 38.0. The van der Waals surface area contributed by atoms with Gasteiger partial charge in [-0.05, 0) is 44.6 Å². The van der Waals surface area contributed by atoms with Crippen LogP contribution in [0.25, 0.3) is 0 Å². The van der Waals surface area contributed by atoms with Gasteiger partial charge in [0.05, 0.1) is 5.92 Å². The first kappa shape index (κ1) is 14.6. The number of esters is 1. The van der Waals surface area contributed by atoms with Crippen LogP contribution in [0.4, 0.5) is 0 Å². The van der Waals surface area contributed by atoms with Crippen molar-refractivity contribution < 1.29 is 19.1 Å². The Bertz CT molecular complexity index is 558. The van der Waals surface area contributed by atoms with E-state index >= 15 is 0 Å². The van der Waals surface area contributed by atoms with Gasteiger partial charge < -0.3 is 10.1 Å². The van der Waals surface area contributed by atoms with Gasteiger partial charge in [0, 0.05) is 5.88 Å². The molecule has 3 rings (SSSR count). The van der Waals surface area contributed by atoms with Crippen molar-refractivity contribution in [2.75, 3.05) is 5.88 Å². The number of fused-ring (bicyclic) bond motifs is 1. The molecule has 1 N–H and O–H groups in total. The van der Waals surface area contributed by atoms with Crippen molar-refractivity contribution in [3.05, 3.63) is 11.6 Å². The number of allylic oxidation sites excluding steroid dienone is 1. The highest BCUT2D eigenvalue weighted by Crippen LogP contribution is 2.51. The summed E-state index contributed by atoms with van der Waals surface area (Å²) < 4.78 is 5.27. The highest BCUT2D eigenvalue weighted by Gasteiger charge is 2.79. The molecule has 0 spiro atoms. The lowest BCUT2D eigenvalue weighted by Crippen LogP contribution is -2.78. The standard InChI is InChI=1S/C15H18ClNO4/c1-14-10(7-8-16)12(19)17-15(14,13(20)21-14)11(18)9-5-3-2-4-6-9/h5,10H,2-4,6-8H2,1H3,(H,17,19)/t10-,14-,15-/m1/s1. The van der Waals surface area contributed by atoms with Crippen molar-refractivity contribution in [2.45, 2.75) is 50.2 Å². The summed E-state index contributed by atoms with van der Waals surface area (Å²) in [5.41, 5.74) is -2.02. The maximum atomic E-state index is 12.9. The first-order valence-corrected chi connectivity index (χ1v) is 7.86. The Hall–Kier alpha value is -1.36. The van der Waals surface area contributed by atoms with Crippen LogP contribution in [0.3, 0.4) is 0 Å². The van der Waals surface area contributed by atoms with Crippen molar-refractivity contribution >= 4 is 29.3 Å². The molecule has 0 bridgehead atoms. The Labute approximate surface area is 128 Å². The second-order valence-corrected chi connectivity index (χ2v) is 6.45. The number of alkyl halides is 1. The number of ketones is 1. The minimum atomic E-state index is -1.54.